The lowest BCUT2D eigenvalue weighted by Gasteiger charge is -2.14. The van der Waals surface area contributed by atoms with Crippen molar-refractivity contribution < 1.29 is 4.79 Å². The Morgan fingerprint density at radius 3 is 2.69 bits per heavy atom. The van der Waals surface area contributed by atoms with E-state index in [0.717, 1.165) is 4.91 Å². The monoisotopic (exact) mass is 203 g/mol. The van der Waals surface area contributed by atoms with Gasteiger partial charge in [-0.1, -0.05) is 6.58 Å². The van der Waals surface area contributed by atoms with Gasteiger partial charge in [-0.25, -0.2) is 5.43 Å². The standard InChI is InChI=1S/C8H17N3OS/c1-3-10-8(12)7(11-9)5-4-6(2)13/h7,11,13H,2-5,9H2,1H3,(H,10,12). The Balaban J connectivity index is 3.87. The van der Waals surface area contributed by atoms with Gasteiger partial charge in [-0.3, -0.25) is 10.6 Å². The second-order valence-corrected chi connectivity index (χ2v) is 3.35. The number of carbonyl (C=O) groups is 1. The number of thiol groups is 1. The molecule has 0 aromatic carbocycles. The normalized spacial score (nSPS) is 12.2. The number of hydrogen-bond acceptors (Lipinski definition) is 4. The van der Waals surface area contributed by atoms with Gasteiger partial charge >= 0.3 is 0 Å². The fourth-order valence-corrected chi connectivity index (χ4v) is 1.03. The Bertz CT molecular complexity index is 184. The predicted octanol–water partition coefficient (Wildman–Crippen LogP) is 0.178. The molecule has 5 heteroatoms. The molecule has 1 amide bonds. The topological polar surface area (TPSA) is 67.1 Å². The lowest BCUT2D eigenvalue weighted by atomic mass is 10.1. The largest absolute Gasteiger partial charge is 0.355 e. The number of carbonyl (C=O) groups excluding carboxylic acids is 1. The van der Waals surface area contributed by atoms with E-state index in [2.05, 4.69) is 30.0 Å². The fraction of sp³-hybridized carbons (Fsp3) is 0.625. The zero-order chi connectivity index (χ0) is 10.3. The van der Waals surface area contributed by atoms with Crippen LogP contribution < -0.4 is 16.6 Å². The average molecular weight is 203 g/mol. The number of hydrazine groups is 1. The summed E-state index contributed by atoms with van der Waals surface area (Å²) >= 11 is 4.04. The SMILES string of the molecule is C=C(S)CCC(NN)C(=O)NCC. The molecule has 0 saturated carbocycles. The minimum Gasteiger partial charge on any atom is -0.355 e. The molecule has 0 aromatic rings. The number of likely N-dealkylation sites (N-methyl/N-ethyl adjacent to an activating group) is 1. The molecule has 76 valence electrons. The van der Waals surface area contributed by atoms with Gasteiger partial charge in [0.2, 0.25) is 5.91 Å². The summed E-state index contributed by atoms with van der Waals surface area (Å²) in [7, 11) is 0. The van der Waals surface area contributed by atoms with Crippen LogP contribution in [0.25, 0.3) is 0 Å². The number of nitrogens with one attached hydrogen (secondary N) is 2. The number of rotatable bonds is 6. The quantitative estimate of drug-likeness (QED) is 0.283. The smallest absolute Gasteiger partial charge is 0.238 e. The zero-order valence-corrected chi connectivity index (χ0v) is 8.73. The highest BCUT2D eigenvalue weighted by atomic mass is 32.1. The Hall–Kier alpha value is -0.520. The van der Waals surface area contributed by atoms with Crippen LogP contribution in [0.5, 0.6) is 0 Å². The van der Waals surface area contributed by atoms with E-state index in [1.807, 2.05) is 6.92 Å². The van der Waals surface area contributed by atoms with Gasteiger partial charge in [0, 0.05) is 6.54 Å². The lowest BCUT2D eigenvalue weighted by molar-refractivity contribution is -0.123. The maximum atomic E-state index is 11.3. The van der Waals surface area contributed by atoms with E-state index in [-0.39, 0.29) is 11.9 Å². The summed E-state index contributed by atoms with van der Waals surface area (Å²) in [5.74, 6) is 5.14. The van der Waals surface area contributed by atoms with Crippen LogP contribution in [0.4, 0.5) is 0 Å². The van der Waals surface area contributed by atoms with Gasteiger partial charge in [-0.2, -0.15) is 0 Å². The number of hydrogen-bond donors (Lipinski definition) is 4. The molecular formula is C8H17N3OS. The zero-order valence-electron chi connectivity index (χ0n) is 7.84. The van der Waals surface area contributed by atoms with Gasteiger partial charge in [-0.15, -0.1) is 12.6 Å². The first-order valence-corrected chi connectivity index (χ1v) is 4.67. The molecule has 0 fully saturated rings. The summed E-state index contributed by atoms with van der Waals surface area (Å²) in [6.07, 6.45) is 1.29. The van der Waals surface area contributed by atoms with Gasteiger partial charge in [0.25, 0.3) is 0 Å². The highest BCUT2D eigenvalue weighted by Gasteiger charge is 2.14. The Kier molecular flexibility index (Phi) is 6.66. The highest BCUT2D eigenvalue weighted by Crippen LogP contribution is 2.08. The van der Waals surface area contributed by atoms with Crippen molar-refractivity contribution in [2.45, 2.75) is 25.8 Å². The number of allylic oxidation sites excluding steroid dienone is 1. The van der Waals surface area contributed by atoms with Crippen LogP contribution in [-0.2, 0) is 4.79 Å². The second-order valence-electron chi connectivity index (χ2n) is 2.72. The molecule has 0 aliphatic rings. The van der Waals surface area contributed by atoms with Gasteiger partial charge in [0.1, 0.15) is 0 Å². The third-order valence-corrected chi connectivity index (χ3v) is 1.81. The molecule has 0 radical (unpaired) electrons. The molecule has 0 bridgehead atoms. The van der Waals surface area contributed by atoms with Crippen LogP contribution in [0, 0.1) is 0 Å². The predicted molar refractivity (Wildman–Crippen MR) is 57.2 cm³/mol. The summed E-state index contributed by atoms with van der Waals surface area (Å²) in [5, 5.41) is 2.68. The van der Waals surface area contributed by atoms with E-state index in [0.29, 0.717) is 19.4 Å². The van der Waals surface area contributed by atoms with E-state index < -0.39 is 0 Å². The van der Waals surface area contributed by atoms with Crippen LogP contribution in [-0.4, -0.2) is 18.5 Å². The molecule has 0 aliphatic carbocycles. The first kappa shape index (κ1) is 12.5. The third-order valence-electron chi connectivity index (χ3n) is 1.59. The summed E-state index contributed by atoms with van der Waals surface area (Å²) in [4.78, 5) is 12.0. The molecule has 0 aliphatic heterocycles. The molecule has 0 heterocycles. The Labute approximate surface area is 84.3 Å². The second kappa shape index (κ2) is 6.94. The van der Waals surface area contributed by atoms with E-state index in [9.17, 15) is 4.79 Å². The molecule has 0 aromatic heterocycles. The van der Waals surface area contributed by atoms with Crippen molar-refractivity contribution in [3.63, 3.8) is 0 Å². The van der Waals surface area contributed by atoms with Crippen molar-refractivity contribution >= 4 is 18.5 Å². The van der Waals surface area contributed by atoms with Crippen molar-refractivity contribution in [3.8, 4) is 0 Å². The van der Waals surface area contributed by atoms with Gasteiger partial charge in [-0.05, 0) is 24.7 Å². The van der Waals surface area contributed by atoms with Crippen molar-refractivity contribution in [1.82, 2.24) is 10.7 Å². The molecule has 0 rings (SSSR count). The summed E-state index contributed by atoms with van der Waals surface area (Å²) in [5.41, 5.74) is 2.45. The van der Waals surface area contributed by atoms with Crippen LogP contribution in [0.3, 0.4) is 0 Å². The molecular weight excluding hydrogens is 186 g/mol. The van der Waals surface area contributed by atoms with Crippen LogP contribution >= 0.6 is 12.6 Å². The fourth-order valence-electron chi connectivity index (χ4n) is 0.898. The van der Waals surface area contributed by atoms with Crippen LogP contribution in [0.2, 0.25) is 0 Å². The average Bonchev–Trinajstić information content (AvgIpc) is 2.05. The molecule has 13 heavy (non-hydrogen) atoms. The van der Waals surface area contributed by atoms with Crippen molar-refractivity contribution in [2.24, 2.45) is 5.84 Å². The first-order chi connectivity index (χ1) is 6.11. The van der Waals surface area contributed by atoms with Gasteiger partial charge < -0.3 is 5.32 Å². The number of nitrogens with two attached hydrogens (primary N) is 1. The van der Waals surface area contributed by atoms with Crippen LogP contribution in [0.15, 0.2) is 11.5 Å². The van der Waals surface area contributed by atoms with E-state index in [1.165, 1.54) is 0 Å². The Morgan fingerprint density at radius 1 is 1.69 bits per heavy atom. The minimum absolute atomic E-state index is 0.0837. The summed E-state index contributed by atoms with van der Waals surface area (Å²) < 4.78 is 0. The molecule has 0 saturated heterocycles. The van der Waals surface area contributed by atoms with Gasteiger partial charge in [0.05, 0.1) is 6.04 Å². The minimum atomic E-state index is -0.358. The summed E-state index contributed by atoms with van der Waals surface area (Å²) in [6.45, 7) is 6.10. The summed E-state index contributed by atoms with van der Waals surface area (Å²) in [6, 6.07) is -0.358. The van der Waals surface area contributed by atoms with Gasteiger partial charge in [0.15, 0.2) is 0 Å². The van der Waals surface area contributed by atoms with E-state index in [1.54, 1.807) is 0 Å². The lowest BCUT2D eigenvalue weighted by Crippen LogP contribution is -2.47. The van der Waals surface area contributed by atoms with Crippen molar-refractivity contribution in [3.05, 3.63) is 11.5 Å². The first-order valence-electron chi connectivity index (χ1n) is 4.22. The van der Waals surface area contributed by atoms with E-state index >= 15 is 0 Å². The molecule has 1 unspecified atom stereocenters. The van der Waals surface area contributed by atoms with Crippen molar-refractivity contribution in [1.29, 1.82) is 0 Å². The van der Waals surface area contributed by atoms with Crippen molar-refractivity contribution in [2.75, 3.05) is 6.54 Å². The van der Waals surface area contributed by atoms with Crippen LogP contribution in [0.1, 0.15) is 19.8 Å². The molecule has 0 spiro atoms. The molecule has 4 nitrogen and oxygen atoms in total. The number of amides is 1. The van der Waals surface area contributed by atoms with E-state index in [4.69, 9.17) is 5.84 Å². The third kappa shape index (κ3) is 5.68. The Morgan fingerprint density at radius 2 is 2.31 bits per heavy atom. The highest BCUT2D eigenvalue weighted by molar-refractivity contribution is 7.84. The molecule has 1 atom stereocenters. The maximum Gasteiger partial charge on any atom is 0.238 e. The molecule has 4 N–H and O–H groups in total. The maximum absolute atomic E-state index is 11.3.